The standard InChI is InChI=1S/C10H8O3.C7H6O.2CH4/c1-6-2-3-7-5-9(11)13-10(12)8(7)4-6;8-6-7-4-2-1-3-5-7;;/h2-4H,5H2,1H3;1-6H;2*1H4. The summed E-state index contributed by atoms with van der Waals surface area (Å²) in [5.74, 6) is -1.00. The van der Waals surface area contributed by atoms with Gasteiger partial charge in [0.2, 0.25) is 0 Å². The number of carbonyl (C=O) groups is 3. The molecule has 0 fully saturated rings. The fraction of sp³-hybridized carbons (Fsp3) is 0.211. The van der Waals surface area contributed by atoms with Gasteiger partial charge in [-0.1, -0.05) is 62.9 Å². The van der Waals surface area contributed by atoms with Gasteiger partial charge in [0.1, 0.15) is 6.29 Å². The van der Waals surface area contributed by atoms with Gasteiger partial charge in [-0.3, -0.25) is 9.59 Å². The number of hydrogen-bond acceptors (Lipinski definition) is 4. The van der Waals surface area contributed by atoms with Gasteiger partial charge in [0.25, 0.3) is 0 Å². The monoisotopic (exact) mass is 314 g/mol. The second-order valence-electron chi connectivity index (χ2n) is 4.63. The number of hydrogen-bond donors (Lipinski definition) is 0. The van der Waals surface area contributed by atoms with Crippen molar-refractivity contribution in [1.29, 1.82) is 0 Å². The largest absolute Gasteiger partial charge is 0.389 e. The Labute approximate surface area is 137 Å². The molecule has 0 unspecified atom stereocenters. The molecular formula is C19H22O4. The minimum Gasteiger partial charge on any atom is -0.389 e. The van der Waals surface area contributed by atoms with E-state index in [0.29, 0.717) is 5.56 Å². The van der Waals surface area contributed by atoms with Gasteiger partial charge in [0.05, 0.1) is 12.0 Å². The molecule has 0 spiro atoms. The topological polar surface area (TPSA) is 60.4 Å². The van der Waals surface area contributed by atoms with Crippen molar-refractivity contribution in [2.75, 3.05) is 0 Å². The van der Waals surface area contributed by atoms with Gasteiger partial charge in [-0.15, -0.1) is 0 Å². The number of fused-ring (bicyclic) bond motifs is 1. The van der Waals surface area contributed by atoms with E-state index in [9.17, 15) is 14.4 Å². The zero-order chi connectivity index (χ0) is 15.2. The summed E-state index contributed by atoms with van der Waals surface area (Å²) in [7, 11) is 0. The molecule has 4 heteroatoms. The van der Waals surface area contributed by atoms with Crippen LogP contribution in [0.15, 0.2) is 48.5 Å². The van der Waals surface area contributed by atoms with Crippen molar-refractivity contribution in [3.8, 4) is 0 Å². The first-order valence-electron chi connectivity index (χ1n) is 6.45. The summed E-state index contributed by atoms with van der Waals surface area (Å²) in [6, 6.07) is 14.5. The maximum absolute atomic E-state index is 11.2. The minimum absolute atomic E-state index is 0. The van der Waals surface area contributed by atoms with Gasteiger partial charge < -0.3 is 4.74 Å². The molecule has 0 aromatic heterocycles. The number of benzene rings is 2. The van der Waals surface area contributed by atoms with Gasteiger partial charge in [-0.05, 0) is 18.6 Å². The highest BCUT2D eigenvalue weighted by molar-refractivity contribution is 6.02. The van der Waals surface area contributed by atoms with Gasteiger partial charge >= 0.3 is 11.9 Å². The summed E-state index contributed by atoms with van der Waals surface area (Å²) in [4.78, 5) is 32.1. The van der Waals surface area contributed by atoms with Crippen molar-refractivity contribution in [2.24, 2.45) is 0 Å². The Bertz CT molecular complexity index is 675. The third kappa shape index (κ3) is 5.51. The van der Waals surface area contributed by atoms with E-state index in [-0.39, 0.29) is 21.3 Å². The highest BCUT2D eigenvalue weighted by atomic mass is 16.6. The van der Waals surface area contributed by atoms with Gasteiger partial charge in [0, 0.05) is 5.56 Å². The lowest BCUT2D eigenvalue weighted by atomic mass is 10.0. The van der Waals surface area contributed by atoms with Crippen LogP contribution in [0.5, 0.6) is 0 Å². The molecule has 0 bridgehead atoms. The molecule has 3 rings (SSSR count). The second-order valence-corrected chi connectivity index (χ2v) is 4.63. The molecule has 4 nitrogen and oxygen atoms in total. The van der Waals surface area contributed by atoms with Crippen molar-refractivity contribution in [2.45, 2.75) is 28.2 Å². The van der Waals surface area contributed by atoms with Crippen LogP contribution in [-0.4, -0.2) is 18.2 Å². The van der Waals surface area contributed by atoms with Crippen LogP contribution in [0, 0.1) is 6.92 Å². The molecule has 23 heavy (non-hydrogen) atoms. The van der Waals surface area contributed by atoms with Crippen molar-refractivity contribution < 1.29 is 19.1 Å². The SMILES string of the molecule is C.C.Cc1ccc2c(c1)C(=O)OC(=O)C2.O=Cc1ccccc1. The number of aldehydes is 1. The fourth-order valence-corrected chi connectivity index (χ4v) is 1.92. The Balaban J connectivity index is 0.000000425. The van der Waals surface area contributed by atoms with E-state index in [1.54, 1.807) is 24.3 Å². The quantitative estimate of drug-likeness (QED) is 0.453. The summed E-state index contributed by atoms with van der Waals surface area (Å²) in [5, 5.41) is 0. The second kappa shape index (κ2) is 9.30. The van der Waals surface area contributed by atoms with Crippen LogP contribution in [0.25, 0.3) is 0 Å². The van der Waals surface area contributed by atoms with Crippen LogP contribution < -0.4 is 0 Å². The van der Waals surface area contributed by atoms with E-state index in [4.69, 9.17) is 0 Å². The Morgan fingerprint density at radius 2 is 1.65 bits per heavy atom. The van der Waals surface area contributed by atoms with E-state index in [1.165, 1.54) is 0 Å². The summed E-state index contributed by atoms with van der Waals surface area (Å²) in [6.45, 7) is 1.89. The highest BCUT2D eigenvalue weighted by Gasteiger charge is 2.24. The maximum atomic E-state index is 11.2. The van der Waals surface area contributed by atoms with Gasteiger partial charge in [-0.25, -0.2) is 4.79 Å². The molecule has 0 saturated heterocycles. The first kappa shape index (κ1) is 20.2. The zero-order valence-electron chi connectivity index (χ0n) is 11.5. The Hall–Kier alpha value is -2.75. The molecule has 0 N–H and O–H groups in total. The van der Waals surface area contributed by atoms with Gasteiger partial charge in [0.15, 0.2) is 0 Å². The van der Waals surface area contributed by atoms with E-state index < -0.39 is 11.9 Å². The van der Waals surface area contributed by atoms with E-state index in [2.05, 4.69) is 4.74 Å². The molecule has 0 aliphatic carbocycles. The van der Waals surface area contributed by atoms with Crippen LogP contribution in [0.2, 0.25) is 0 Å². The molecule has 0 atom stereocenters. The smallest absolute Gasteiger partial charge is 0.346 e. The number of esters is 2. The Morgan fingerprint density at radius 3 is 2.22 bits per heavy atom. The maximum Gasteiger partial charge on any atom is 0.346 e. The third-order valence-electron chi connectivity index (χ3n) is 2.96. The van der Waals surface area contributed by atoms with Crippen LogP contribution >= 0.6 is 0 Å². The number of aryl methyl sites for hydroxylation is 1. The van der Waals surface area contributed by atoms with Gasteiger partial charge in [-0.2, -0.15) is 0 Å². The first-order valence-corrected chi connectivity index (χ1v) is 6.45. The van der Waals surface area contributed by atoms with Crippen molar-refractivity contribution in [3.05, 3.63) is 70.8 Å². The molecule has 0 radical (unpaired) electrons. The average Bonchev–Trinajstić information content (AvgIpc) is 2.49. The lowest BCUT2D eigenvalue weighted by molar-refractivity contribution is -0.137. The molecule has 1 aliphatic heterocycles. The van der Waals surface area contributed by atoms with Crippen molar-refractivity contribution >= 4 is 18.2 Å². The predicted octanol–water partition coefficient (Wildman–Crippen LogP) is 4.01. The van der Waals surface area contributed by atoms with E-state index >= 15 is 0 Å². The first-order chi connectivity index (χ1) is 10.1. The normalized spacial score (nSPS) is 11.5. The number of ether oxygens (including phenoxy) is 1. The van der Waals surface area contributed by atoms with Crippen LogP contribution in [0.4, 0.5) is 0 Å². The summed E-state index contributed by atoms with van der Waals surface area (Å²) < 4.78 is 4.49. The van der Waals surface area contributed by atoms with Crippen molar-refractivity contribution in [1.82, 2.24) is 0 Å². The van der Waals surface area contributed by atoms with Crippen molar-refractivity contribution in [3.63, 3.8) is 0 Å². The van der Waals surface area contributed by atoms with E-state index in [1.807, 2.05) is 31.2 Å². The molecule has 1 aliphatic rings. The zero-order valence-corrected chi connectivity index (χ0v) is 11.5. The van der Waals surface area contributed by atoms with Crippen LogP contribution in [-0.2, 0) is 16.0 Å². The lowest BCUT2D eigenvalue weighted by Crippen LogP contribution is -2.22. The summed E-state index contributed by atoms with van der Waals surface area (Å²) >= 11 is 0. The van der Waals surface area contributed by atoms with Crippen LogP contribution in [0.3, 0.4) is 0 Å². The molecule has 2 aromatic carbocycles. The average molecular weight is 314 g/mol. The number of rotatable bonds is 1. The lowest BCUT2D eigenvalue weighted by Gasteiger charge is -2.13. The number of carbonyl (C=O) groups excluding carboxylic acids is 3. The minimum atomic E-state index is -0.532. The molecule has 0 saturated carbocycles. The highest BCUT2D eigenvalue weighted by Crippen LogP contribution is 2.18. The van der Waals surface area contributed by atoms with Crippen LogP contribution in [0.1, 0.15) is 46.7 Å². The summed E-state index contributed by atoms with van der Waals surface area (Å²) in [5.41, 5.74) is 2.99. The predicted molar refractivity (Wildman–Crippen MR) is 90.6 cm³/mol. The fourth-order valence-electron chi connectivity index (χ4n) is 1.92. The molecule has 2 aromatic rings. The molecule has 1 heterocycles. The molecule has 0 amide bonds. The number of cyclic esters (lactones) is 2. The Morgan fingerprint density at radius 1 is 1.00 bits per heavy atom. The molecular weight excluding hydrogens is 292 g/mol. The molecule has 122 valence electrons. The Kier molecular flexibility index (Phi) is 8.19. The summed E-state index contributed by atoms with van der Waals surface area (Å²) in [6.07, 6.45) is 1.03. The van der Waals surface area contributed by atoms with E-state index in [0.717, 1.165) is 23.0 Å². The third-order valence-corrected chi connectivity index (χ3v) is 2.96.